The van der Waals surface area contributed by atoms with Crippen LogP contribution in [0.15, 0.2) is 12.7 Å². The number of nitrogens with zero attached hydrogens (tertiary/aromatic N) is 4. The molecule has 0 bridgehead atoms. The zero-order valence-electron chi connectivity index (χ0n) is 8.52. The van der Waals surface area contributed by atoms with Gasteiger partial charge in [-0.15, -0.1) is 0 Å². The van der Waals surface area contributed by atoms with Crippen molar-refractivity contribution in [2.45, 2.75) is 26.3 Å². The van der Waals surface area contributed by atoms with Crippen molar-refractivity contribution in [1.29, 1.82) is 0 Å². The lowest BCUT2D eigenvalue weighted by atomic mass is 10.1. The van der Waals surface area contributed by atoms with Crippen molar-refractivity contribution in [2.75, 3.05) is 5.73 Å². The van der Waals surface area contributed by atoms with Crippen molar-refractivity contribution in [2.24, 2.45) is 0 Å². The molecule has 0 fully saturated rings. The van der Waals surface area contributed by atoms with Gasteiger partial charge in [0.1, 0.15) is 11.8 Å². The average Bonchev–Trinajstić information content (AvgIpc) is 2.47. The molecule has 0 aliphatic heterocycles. The van der Waals surface area contributed by atoms with Gasteiger partial charge >= 0.3 is 0 Å². The summed E-state index contributed by atoms with van der Waals surface area (Å²) in [6.45, 7) is 6.27. The number of rotatable bonds is 0. The predicted molar refractivity (Wildman–Crippen MR) is 54.7 cm³/mol. The summed E-state index contributed by atoms with van der Waals surface area (Å²) in [5, 5.41) is 0. The molecule has 2 rings (SSSR count). The van der Waals surface area contributed by atoms with Crippen LogP contribution in [0.1, 0.15) is 20.8 Å². The minimum absolute atomic E-state index is 0.0461. The molecular weight excluding hydrogens is 178 g/mol. The van der Waals surface area contributed by atoms with Crippen LogP contribution in [-0.2, 0) is 5.54 Å². The first-order valence-corrected chi connectivity index (χ1v) is 4.44. The lowest BCUT2D eigenvalue weighted by Crippen LogP contribution is -2.21. The Morgan fingerprint density at radius 2 is 1.93 bits per heavy atom. The molecule has 0 aliphatic carbocycles. The van der Waals surface area contributed by atoms with E-state index in [1.165, 1.54) is 6.33 Å². The summed E-state index contributed by atoms with van der Waals surface area (Å²) in [6, 6.07) is 0. The molecule has 2 aromatic rings. The fourth-order valence-corrected chi connectivity index (χ4v) is 1.34. The normalized spacial score (nSPS) is 12.2. The maximum Gasteiger partial charge on any atom is 0.165 e. The van der Waals surface area contributed by atoms with Gasteiger partial charge in [0.2, 0.25) is 0 Å². The minimum Gasteiger partial charge on any atom is -0.382 e. The standard InChI is InChI=1S/C9H13N5/c1-9(2,3)14-5-13-6-7(10)11-4-12-8(6)14/h4-5H,1-3H3,(H2,10,11,12). The minimum atomic E-state index is -0.0461. The molecule has 5 heteroatoms. The molecule has 2 heterocycles. The van der Waals surface area contributed by atoms with E-state index in [0.717, 1.165) is 5.65 Å². The number of hydrogen-bond acceptors (Lipinski definition) is 4. The summed E-state index contributed by atoms with van der Waals surface area (Å²) in [4.78, 5) is 12.3. The molecule has 0 aromatic carbocycles. The zero-order valence-corrected chi connectivity index (χ0v) is 8.52. The van der Waals surface area contributed by atoms with Gasteiger partial charge in [0.15, 0.2) is 11.5 Å². The average molecular weight is 191 g/mol. The van der Waals surface area contributed by atoms with Gasteiger partial charge in [-0.05, 0) is 20.8 Å². The molecule has 0 saturated heterocycles. The monoisotopic (exact) mass is 191 g/mol. The Morgan fingerprint density at radius 1 is 1.21 bits per heavy atom. The van der Waals surface area contributed by atoms with E-state index in [4.69, 9.17) is 5.73 Å². The fraction of sp³-hybridized carbons (Fsp3) is 0.444. The van der Waals surface area contributed by atoms with E-state index in [2.05, 4.69) is 35.7 Å². The van der Waals surface area contributed by atoms with Crippen LogP contribution < -0.4 is 5.73 Å². The van der Waals surface area contributed by atoms with Crippen molar-refractivity contribution in [1.82, 2.24) is 19.5 Å². The van der Waals surface area contributed by atoms with Crippen LogP contribution in [0.25, 0.3) is 11.2 Å². The molecule has 0 atom stereocenters. The summed E-state index contributed by atoms with van der Waals surface area (Å²) < 4.78 is 1.99. The van der Waals surface area contributed by atoms with E-state index < -0.39 is 0 Å². The third-order valence-corrected chi connectivity index (χ3v) is 2.08. The molecule has 74 valence electrons. The van der Waals surface area contributed by atoms with Gasteiger partial charge in [-0.25, -0.2) is 15.0 Å². The Balaban J connectivity index is 2.76. The van der Waals surface area contributed by atoms with Gasteiger partial charge in [-0.2, -0.15) is 0 Å². The predicted octanol–water partition coefficient (Wildman–Crippen LogP) is 1.16. The highest BCUT2D eigenvalue weighted by molar-refractivity contribution is 5.81. The Kier molecular flexibility index (Phi) is 1.70. The van der Waals surface area contributed by atoms with E-state index >= 15 is 0 Å². The van der Waals surface area contributed by atoms with Crippen molar-refractivity contribution in [3.8, 4) is 0 Å². The first-order valence-electron chi connectivity index (χ1n) is 4.44. The van der Waals surface area contributed by atoms with Crippen molar-refractivity contribution >= 4 is 17.0 Å². The fourth-order valence-electron chi connectivity index (χ4n) is 1.34. The second kappa shape index (κ2) is 2.67. The van der Waals surface area contributed by atoms with Crippen LogP contribution in [-0.4, -0.2) is 19.5 Å². The highest BCUT2D eigenvalue weighted by Gasteiger charge is 2.17. The van der Waals surface area contributed by atoms with Gasteiger partial charge in [-0.1, -0.05) is 0 Å². The van der Waals surface area contributed by atoms with Crippen LogP contribution in [0.2, 0.25) is 0 Å². The van der Waals surface area contributed by atoms with Crippen LogP contribution in [0.3, 0.4) is 0 Å². The number of aromatic nitrogens is 4. The van der Waals surface area contributed by atoms with Crippen molar-refractivity contribution < 1.29 is 0 Å². The first kappa shape index (κ1) is 8.93. The summed E-state index contributed by atoms with van der Waals surface area (Å²) in [5.41, 5.74) is 7.09. The Labute approximate surface area is 82.0 Å². The summed E-state index contributed by atoms with van der Waals surface area (Å²) in [5.74, 6) is 0.429. The van der Waals surface area contributed by atoms with Gasteiger partial charge in [0.25, 0.3) is 0 Å². The van der Waals surface area contributed by atoms with E-state index in [0.29, 0.717) is 11.3 Å². The maximum absolute atomic E-state index is 5.69. The molecule has 0 amide bonds. The first-order chi connectivity index (χ1) is 6.50. The second-order valence-electron chi connectivity index (χ2n) is 4.22. The molecule has 2 aromatic heterocycles. The number of fused-ring (bicyclic) bond motifs is 1. The highest BCUT2D eigenvalue weighted by atomic mass is 15.2. The molecule has 0 saturated carbocycles. The highest BCUT2D eigenvalue weighted by Crippen LogP contribution is 2.21. The third-order valence-electron chi connectivity index (χ3n) is 2.08. The number of nitrogens with two attached hydrogens (primary N) is 1. The number of anilines is 1. The van der Waals surface area contributed by atoms with Gasteiger partial charge in [0.05, 0.1) is 6.33 Å². The maximum atomic E-state index is 5.69. The van der Waals surface area contributed by atoms with Gasteiger partial charge in [-0.3, -0.25) is 0 Å². The number of imidazole rings is 1. The molecule has 0 radical (unpaired) electrons. The Hall–Kier alpha value is -1.65. The molecular formula is C9H13N5. The van der Waals surface area contributed by atoms with Crippen molar-refractivity contribution in [3.63, 3.8) is 0 Å². The molecule has 0 unspecified atom stereocenters. The lowest BCUT2D eigenvalue weighted by Gasteiger charge is -2.20. The van der Waals surface area contributed by atoms with Crippen molar-refractivity contribution in [3.05, 3.63) is 12.7 Å². The van der Waals surface area contributed by atoms with Crippen LogP contribution in [0.4, 0.5) is 5.82 Å². The third kappa shape index (κ3) is 1.21. The summed E-state index contributed by atoms with van der Waals surface area (Å²) in [7, 11) is 0. The van der Waals surface area contributed by atoms with Crippen LogP contribution in [0, 0.1) is 0 Å². The van der Waals surface area contributed by atoms with Gasteiger partial charge < -0.3 is 10.3 Å². The zero-order chi connectivity index (χ0) is 10.3. The topological polar surface area (TPSA) is 69.6 Å². The van der Waals surface area contributed by atoms with Gasteiger partial charge in [0, 0.05) is 5.54 Å². The number of nitrogen functional groups attached to an aromatic ring is 1. The quantitative estimate of drug-likeness (QED) is 0.678. The summed E-state index contributed by atoms with van der Waals surface area (Å²) in [6.07, 6.45) is 3.21. The SMILES string of the molecule is CC(C)(C)n1cnc2c(N)ncnc21. The largest absolute Gasteiger partial charge is 0.382 e. The molecule has 5 nitrogen and oxygen atoms in total. The van der Waals surface area contributed by atoms with E-state index in [1.54, 1.807) is 6.33 Å². The van der Waals surface area contributed by atoms with Crippen LogP contribution in [0.5, 0.6) is 0 Å². The second-order valence-corrected chi connectivity index (χ2v) is 4.22. The lowest BCUT2D eigenvalue weighted by molar-refractivity contribution is 0.406. The summed E-state index contributed by atoms with van der Waals surface area (Å²) >= 11 is 0. The smallest absolute Gasteiger partial charge is 0.165 e. The van der Waals surface area contributed by atoms with Crippen LogP contribution >= 0.6 is 0 Å². The van der Waals surface area contributed by atoms with E-state index in [1.807, 2.05) is 4.57 Å². The van der Waals surface area contributed by atoms with E-state index in [-0.39, 0.29) is 5.54 Å². The Morgan fingerprint density at radius 3 is 2.57 bits per heavy atom. The van der Waals surface area contributed by atoms with E-state index in [9.17, 15) is 0 Å². The number of hydrogen-bond donors (Lipinski definition) is 1. The Bertz CT molecular complexity index is 465. The molecule has 0 aliphatic rings. The molecule has 2 N–H and O–H groups in total. The molecule has 0 spiro atoms. The molecule has 14 heavy (non-hydrogen) atoms.